The lowest BCUT2D eigenvalue weighted by atomic mass is 9.64. The molecule has 194 valence electrons. The van der Waals surface area contributed by atoms with E-state index in [4.69, 9.17) is 4.74 Å². The van der Waals surface area contributed by atoms with Crippen molar-refractivity contribution < 1.29 is 17.9 Å². The zero-order valence-electron chi connectivity index (χ0n) is 22.1. The van der Waals surface area contributed by atoms with E-state index in [1.54, 1.807) is 0 Å². The molecule has 1 fully saturated rings. The first-order valence-corrected chi connectivity index (χ1v) is 13.6. The molecule has 0 amide bonds. The first kappa shape index (κ1) is 28.7. The Morgan fingerprint density at radius 2 is 1.48 bits per heavy atom. The van der Waals surface area contributed by atoms with Crippen molar-refractivity contribution >= 4 is 0 Å². The maximum absolute atomic E-state index is 15.2. The fourth-order valence-corrected chi connectivity index (χ4v) is 6.02. The summed E-state index contributed by atoms with van der Waals surface area (Å²) in [7, 11) is 0. The molecule has 1 saturated carbocycles. The minimum Gasteiger partial charge on any atom is -0.372 e. The van der Waals surface area contributed by atoms with Gasteiger partial charge in [-0.1, -0.05) is 39.8 Å². The first-order chi connectivity index (χ1) is 15.5. The molecule has 2 rings (SSSR count). The first-order valence-electron chi connectivity index (χ1n) is 13.6. The van der Waals surface area contributed by atoms with Crippen molar-refractivity contribution in [1.29, 1.82) is 0 Å². The number of hydrogen-bond donors (Lipinski definition) is 1. The van der Waals surface area contributed by atoms with Crippen LogP contribution in [0, 0.1) is 11.3 Å². The van der Waals surface area contributed by atoms with Crippen LogP contribution in [0.5, 0.6) is 0 Å². The van der Waals surface area contributed by atoms with Crippen LogP contribution >= 0.6 is 0 Å². The number of alkyl halides is 3. The summed E-state index contributed by atoms with van der Waals surface area (Å²) in [6.07, 6.45) is 8.57. The number of ether oxygens (including phenoxy) is 1. The fraction of sp³-hybridized carbons (Fsp3) is 0.929. The lowest BCUT2D eigenvalue weighted by molar-refractivity contribution is -0.262. The van der Waals surface area contributed by atoms with Crippen LogP contribution in [0.2, 0.25) is 0 Å². The molecule has 0 aromatic carbocycles. The van der Waals surface area contributed by atoms with Crippen LogP contribution in [0.3, 0.4) is 0 Å². The maximum Gasteiger partial charge on any atom is 0.394 e. The Kier molecular flexibility index (Phi) is 10.4. The Labute approximate surface area is 201 Å². The van der Waals surface area contributed by atoms with Gasteiger partial charge in [-0.3, -0.25) is 0 Å². The number of nitrogens with one attached hydrogen (secondary N) is 1. The smallest absolute Gasteiger partial charge is 0.372 e. The van der Waals surface area contributed by atoms with Crippen molar-refractivity contribution in [3.05, 3.63) is 12.2 Å². The molecule has 0 aromatic rings. The fourth-order valence-electron chi connectivity index (χ4n) is 6.02. The van der Waals surface area contributed by atoms with E-state index < -0.39 is 11.6 Å². The molecule has 0 radical (unpaired) electrons. The van der Waals surface area contributed by atoms with E-state index in [-0.39, 0.29) is 42.0 Å². The van der Waals surface area contributed by atoms with Crippen molar-refractivity contribution in [2.75, 3.05) is 0 Å². The molecule has 5 heteroatoms. The highest BCUT2D eigenvalue weighted by atomic mass is 19.4. The van der Waals surface area contributed by atoms with Gasteiger partial charge in [0.2, 0.25) is 0 Å². The van der Waals surface area contributed by atoms with Gasteiger partial charge in [-0.2, -0.15) is 13.2 Å². The van der Waals surface area contributed by atoms with Crippen LogP contribution in [0.15, 0.2) is 12.2 Å². The third kappa shape index (κ3) is 7.22. The van der Waals surface area contributed by atoms with Crippen molar-refractivity contribution in [3.8, 4) is 0 Å². The molecule has 2 nitrogen and oxygen atoms in total. The van der Waals surface area contributed by atoms with E-state index in [0.29, 0.717) is 19.3 Å². The molecular formula is C28H50F3NO. The predicted molar refractivity (Wildman–Crippen MR) is 132 cm³/mol. The summed E-state index contributed by atoms with van der Waals surface area (Å²) in [6.45, 7) is 12.6. The van der Waals surface area contributed by atoms with Crippen LogP contribution < -0.4 is 5.32 Å². The van der Waals surface area contributed by atoms with E-state index in [2.05, 4.69) is 59.0 Å². The molecule has 0 heterocycles. The van der Waals surface area contributed by atoms with E-state index in [9.17, 15) is 0 Å². The van der Waals surface area contributed by atoms with Crippen LogP contribution in [-0.2, 0) is 4.74 Å². The van der Waals surface area contributed by atoms with Crippen molar-refractivity contribution in [1.82, 2.24) is 5.32 Å². The predicted octanol–water partition coefficient (Wildman–Crippen LogP) is 8.75. The van der Waals surface area contributed by atoms with Crippen LogP contribution in [-0.4, -0.2) is 29.5 Å². The standard InChI is InChI=1S/C28H50F3NO/c1-7-25(5,8-2)32-23-18-19-24(33-26(6,9-3)10-4)21-27(20-23,28(29,30)31)22-16-14-12-11-13-15-17-22/h11-12,22-24,32H,7-10,13-21H2,1-6H3. The summed E-state index contributed by atoms with van der Waals surface area (Å²) < 4.78 is 52.2. The molecular weight excluding hydrogens is 423 g/mol. The minimum absolute atomic E-state index is 0.105. The number of halogens is 3. The van der Waals surface area contributed by atoms with Gasteiger partial charge in [-0.15, -0.1) is 0 Å². The normalized spacial score (nSPS) is 30.5. The molecule has 0 spiro atoms. The Morgan fingerprint density at radius 1 is 0.848 bits per heavy atom. The molecule has 4 atom stereocenters. The summed E-state index contributed by atoms with van der Waals surface area (Å²) in [5.74, 6) is -0.347. The highest BCUT2D eigenvalue weighted by molar-refractivity contribution is 5.03. The highest BCUT2D eigenvalue weighted by Gasteiger charge is 2.61. The van der Waals surface area contributed by atoms with Gasteiger partial charge in [0, 0.05) is 11.6 Å². The SMILES string of the molecule is CCC(C)(CC)NC1CCC(OC(C)(CC)CC)CC(C2CCC=CCCC2)(C(F)(F)F)C1. The van der Waals surface area contributed by atoms with E-state index in [1.807, 2.05) is 0 Å². The van der Waals surface area contributed by atoms with Gasteiger partial charge in [-0.05, 0) is 103 Å². The Morgan fingerprint density at radius 3 is 2.06 bits per heavy atom. The summed E-state index contributed by atoms with van der Waals surface area (Å²) >= 11 is 0. The second-order valence-corrected chi connectivity index (χ2v) is 11.3. The van der Waals surface area contributed by atoms with Gasteiger partial charge in [0.15, 0.2) is 0 Å². The van der Waals surface area contributed by atoms with Crippen molar-refractivity contribution in [2.24, 2.45) is 11.3 Å². The molecule has 1 N–H and O–H groups in total. The van der Waals surface area contributed by atoms with Crippen LogP contribution in [0.25, 0.3) is 0 Å². The second kappa shape index (κ2) is 11.9. The van der Waals surface area contributed by atoms with Crippen LogP contribution in [0.4, 0.5) is 13.2 Å². The van der Waals surface area contributed by atoms with E-state index >= 15 is 13.2 Å². The Balaban J connectivity index is 2.47. The summed E-state index contributed by atoms with van der Waals surface area (Å²) in [4.78, 5) is 0. The average Bonchev–Trinajstić information content (AvgIpc) is 2.93. The molecule has 0 aliphatic heterocycles. The van der Waals surface area contributed by atoms with Crippen molar-refractivity contribution in [2.45, 2.75) is 154 Å². The quantitative estimate of drug-likeness (QED) is 0.267. The second-order valence-electron chi connectivity index (χ2n) is 11.3. The molecule has 2 aliphatic rings. The van der Waals surface area contributed by atoms with E-state index in [1.165, 1.54) is 0 Å². The zero-order chi connectivity index (χ0) is 24.8. The summed E-state index contributed by atoms with van der Waals surface area (Å²) in [6, 6.07) is -0.138. The number of hydrogen-bond acceptors (Lipinski definition) is 2. The molecule has 2 aliphatic carbocycles. The van der Waals surface area contributed by atoms with Crippen LogP contribution in [0.1, 0.15) is 125 Å². The van der Waals surface area contributed by atoms with Crippen molar-refractivity contribution in [3.63, 3.8) is 0 Å². The monoisotopic (exact) mass is 473 g/mol. The number of allylic oxidation sites excluding steroid dienone is 2. The highest BCUT2D eigenvalue weighted by Crippen LogP contribution is 2.56. The average molecular weight is 474 g/mol. The van der Waals surface area contributed by atoms with Gasteiger partial charge < -0.3 is 10.1 Å². The zero-order valence-corrected chi connectivity index (χ0v) is 22.1. The lowest BCUT2D eigenvalue weighted by Gasteiger charge is -2.46. The Hall–Kier alpha value is -0.550. The largest absolute Gasteiger partial charge is 0.394 e. The van der Waals surface area contributed by atoms with Gasteiger partial charge in [0.05, 0.1) is 17.1 Å². The summed E-state index contributed by atoms with van der Waals surface area (Å²) in [5.41, 5.74) is -2.18. The topological polar surface area (TPSA) is 21.3 Å². The third-order valence-corrected chi connectivity index (χ3v) is 9.22. The summed E-state index contributed by atoms with van der Waals surface area (Å²) in [5, 5.41) is 3.71. The molecule has 0 bridgehead atoms. The molecule has 0 saturated heterocycles. The van der Waals surface area contributed by atoms with Gasteiger partial charge in [0.1, 0.15) is 0 Å². The van der Waals surface area contributed by atoms with E-state index in [0.717, 1.165) is 51.4 Å². The lowest BCUT2D eigenvalue weighted by Crippen LogP contribution is -2.53. The minimum atomic E-state index is -4.24. The maximum atomic E-state index is 15.2. The van der Waals surface area contributed by atoms with Gasteiger partial charge >= 0.3 is 6.18 Å². The molecule has 33 heavy (non-hydrogen) atoms. The Bertz CT molecular complexity index is 577. The molecule has 4 unspecified atom stereocenters. The number of rotatable bonds is 9. The van der Waals surface area contributed by atoms with Gasteiger partial charge in [0.25, 0.3) is 0 Å². The van der Waals surface area contributed by atoms with Gasteiger partial charge in [-0.25, -0.2) is 0 Å². The third-order valence-electron chi connectivity index (χ3n) is 9.22. The molecule has 0 aromatic heterocycles.